The van der Waals surface area contributed by atoms with Crippen molar-refractivity contribution >= 4 is 28.8 Å². The molecule has 0 amide bonds. The van der Waals surface area contributed by atoms with Crippen LogP contribution in [0.4, 0.5) is 5.82 Å². The van der Waals surface area contributed by atoms with E-state index in [2.05, 4.69) is 39.7 Å². The van der Waals surface area contributed by atoms with Crippen molar-refractivity contribution in [3.63, 3.8) is 0 Å². The molecule has 3 nitrogen and oxygen atoms in total. The van der Waals surface area contributed by atoms with Crippen LogP contribution >= 0.6 is 22.9 Å². The molecule has 2 aromatic heterocycles. The number of halogens is 1. The van der Waals surface area contributed by atoms with Crippen LogP contribution in [0, 0.1) is 0 Å². The van der Waals surface area contributed by atoms with E-state index >= 15 is 0 Å². The predicted octanol–water partition coefficient (Wildman–Crippen LogP) is 4.14. The van der Waals surface area contributed by atoms with Crippen molar-refractivity contribution in [1.29, 1.82) is 0 Å². The van der Waals surface area contributed by atoms with Crippen LogP contribution in [0.1, 0.15) is 30.7 Å². The van der Waals surface area contributed by atoms with Gasteiger partial charge in [-0.25, -0.2) is 4.98 Å². The Hall–Kier alpha value is -1.13. The van der Waals surface area contributed by atoms with E-state index in [-0.39, 0.29) is 6.04 Å². The highest BCUT2D eigenvalue weighted by Crippen LogP contribution is 2.26. The van der Waals surface area contributed by atoms with Gasteiger partial charge in [-0.15, -0.1) is 11.3 Å². The lowest BCUT2D eigenvalue weighted by Gasteiger charge is -2.17. The monoisotopic (exact) mass is 267 g/mol. The third kappa shape index (κ3) is 3.41. The molecule has 0 fully saturated rings. The highest BCUT2D eigenvalue weighted by atomic mass is 35.5. The molecular weight excluding hydrogens is 254 g/mol. The minimum atomic E-state index is 0.285. The molecule has 0 saturated heterocycles. The zero-order valence-corrected chi connectivity index (χ0v) is 11.1. The van der Waals surface area contributed by atoms with Gasteiger partial charge in [0, 0.05) is 4.88 Å². The number of anilines is 1. The number of thiophene rings is 1. The fourth-order valence-corrected chi connectivity index (χ4v) is 2.61. The fourth-order valence-electron chi connectivity index (χ4n) is 1.65. The topological polar surface area (TPSA) is 37.8 Å². The van der Waals surface area contributed by atoms with E-state index in [9.17, 15) is 0 Å². The molecule has 17 heavy (non-hydrogen) atoms. The van der Waals surface area contributed by atoms with Crippen LogP contribution < -0.4 is 5.32 Å². The summed E-state index contributed by atoms with van der Waals surface area (Å²) in [6.45, 7) is 2.17. The summed E-state index contributed by atoms with van der Waals surface area (Å²) in [7, 11) is 0. The first kappa shape index (κ1) is 12.3. The summed E-state index contributed by atoms with van der Waals surface area (Å²) < 4.78 is 0. The maximum atomic E-state index is 5.82. The van der Waals surface area contributed by atoms with Crippen molar-refractivity contribution in [2.24, 2.45) is 0 Å². The third-order valence-corrected chi connectivity index (χ3v) is 3.56. The summed E-state index contributed by atoms with van der Waals surface area (Å²) in [6.07, 6.45) is 5.41. The second-order valence-corrected chi connectivity index (χ2v) is 5.09. The molecule has 1 N–H and O–H groups in total. The molecule has 2 heterocycles. The summed E-state index contributed by atoms with van der Waals surface area (Å²) in [5.74, 6) is 0.726. The van der Waals surface area contributed by atoms with Gasteiger partial charge >= 0.3 is 0 Å². The summed E-state index contributed by atoms with van der Waals surface area (Å²) >= 11 is 7.57. The first-order valence-corrected chi connectivity index (χ1v) is 6.83. The smallest absolute Gasteiger partial charge is 0.149 e. The van der Waals surface area contributed by atoms with Crippen LogP contribution in [0.3, 0.4) is 0 Å². The van der Waals surface area contributed by atoms with Gasteiger partial charge in [-0.3, -0.25) is 4.98 Å². The van der Waals surface area contributed by atoms with Crippen molar-refractivity contribution in [3.8, 4) is 0 Å². The van der Waals surface area contributed by atoms with Gasteiger partial charge in [0.05, 0.1) is 18.4 Å². The Labute approximate surface area is 110 Å². The van der Waals surface area contributed by atoms with Crippen molar-refractivity contribution in [2.75, 3.05) is 5.32 Å². The molecule has 0 aliphatic carbocycles. The molecule has 0 radical (unpaired) electrons. The van der Waals surface area contributed by atoms with Crippen molar-refractivity contribution < 1.29 is 0 Å². The van der Waals surface area contributed by atoms with Crippen LogP contribution in [-0.2, 0) is 0 Å². The summed E-state index contributed by atoms with van der Waals surface area (Å²) in [5.41, 5.74) is 0. The Morgan fingerprint density at radius 3 is 3.00 bits per heavy atom. The van der Waals surface area contributed by atoms with E-state index in [0.29, 0.717) is 5.15 Å². The minimum absolute atomic E-state index is 0.285. The van der Waals surface area contributed by atoms with Crippen molar-refractivity contribution in [1.82, 2.24) is 9.97 Å². The van der Waals surface area contributed by atoms with Crippen LogP contribution in [0.25, 0.3) is 0 Å². The molecular formula is C12H14ClN3S. The second-order valence-electron chi connectivity index (χ2n) is 3.73. The van der Waals surface area contributed by atoms with E-state index in [0.717, 1.165) is 18.7 Å². The van der Waals surface area contributed by atoms with Crippen LogP contribution in [-0.4, -0.2) is 9.97 Å². The summed E-state index contributed by atoms with van der Waals surface area (Å²) in [5, 5.41) is 5.88. The quantitative estimate of drug-likeness (QED) is 0.885. The zero-order valence-electron chi connectivity index (χ0n) is 9.56. The average Bonchev–Trinajstić information content (AvgIpc) is 2.82. The number of rotatable bonds is 5. The molecule has 0 aliphatic rings. The number of hydrogen-bond acceptors (Lipinski definition) is 4. The lowest BCUT2D eigenvalue weighted by Crippen LogP contribution is -2.10. The molecule has 0 aromatic carbocycles. The molecule has 1 atom stereocenters. The van der Waals surface area contributed by atoms with Gasteiger partial charge in [-0.1, -0.05) is 31.0 Å². The minimum Gasteiger partial charge on any atom is -0.361 e. The molecule has 2 rings (SSSR count). The normalized spacial score (nSPS) is 12.4. The second kappa shape index (κ2) is 5.98. The maximum Gasteiger partial charge on any atom is 0.149 e. The lowest BCUT2D eigenvalue weighted by molar-refractivity contribution is 0.684. The molecule has 1 unspecified atom stereocenters. The van der Waals surface area contributed by atoms with E-state index in [1.165, 1.54) is 11.1 Å². The van der Waals surface area contributed by atoms with Gasteiger partial charge in [0.2, 0.25) is 0 Å². The van der Waals surface area contributed by atoms with E-state index in [1.54, 1.807) is 17.5 Å². The van der Waals surface area contributed by atoms with E-state index in [1.807, 2.05) is 0 Å². The van der Waals surface area contributed by atoms with Gasteiger partial charge in [0.1, 0.15) is 11.0 Å². The van der Waals surface area contributed by atoms with Crippen LogP contribution in [0.15, 0.2) is 29.9 Å². The third-order valence-electron chi connectivity index (χ3n) is 2.39. The van der Waals surface area contributed by atoms with Crippen LogP contribution in [0.2, 0.25) is 5.15 Å². The largest absolute Gasteiger partial charge is 0.361 e. The highest BCUT2D eigenvalue weighted by molar-refractivity contribution is 7.10. The molecule has 5 heteroatoms. The number of nitrogens with zero attached hydrogens (tertiary/aromatic N) is 2. The number of nitrogens with one attached hydrogen (secondary N) is 1. The Morgan fingerprint density at radius 1 is 1.47 bits per heavy atom. The SMILES string of the molecule is CCCC(Nc1cncc(Cl)n1)c1cccs1. The summed E-state index contributed by atoms with van der Waals surface area (Å²) in [4.78, 5) is 9.54. The Bertz CT molecular complexity index is 459. The molecule has 0 aliphatic heterocycles. The first-order valence-electron chi connectivity index (χ1n) is 5.57. The predicted molar refractivity (Wildman–Crippen MR) is 72.6 cm³/mol. The van der Waals surface area contributed by atoms with E-state index in [4.69, 9.17) is 11.6 Å². The standard InChI is InChI=1S/C12H14ClN3S/c1-2-4-9(10-5-3-6-17-10)15-12-8-14-7-11(13)16-12/h3,5-9H,2,4H2,1H3,(H,15,16). The van der Waals surface area contributed by atoms with Gasteiger partial charge in [0.15, 0.2) is 0 Å². The number of aromatic nitrogens is 2. The number of hydrogen-bond donors (Lipinski definition) is 1. The molecule has 0 spiro atoms. The summed E-state index contributed by atoms with van der Waals surface area (Å²) in [6, 6.07) is 4.48. The van der Waals surface area contributed by atoms with Gasteiger partial charge in [0.25, 0.3) is 0 Å². The average molecular weight is 268 g/mol. The Kier molecular flexibility index (Phi) is 4.34. The van der Waals surface area contributed by atoms with E-state index < -0.39 is 0 Å². The molecule has 0 bridgehead atoms. The van der Waals surface area contributed by atoms with Gasteiger partial charge < -0.3 is 5.32 Å². The molecule has 2 aromatic rings. The molecule has 0 saturated carbocycles. The maximum absolute atomic E-state index is 5.82. The molecule has 90 valence electrons. The fraction of sp³-hybridized carbons (Fsp3) is 0.333. The van der Waals surface area contributed by atoms with Crippen LogP contribution in [0.5, 0.6) is 0 Å². The zero-order chi connectivity index (χ0) is 12.1. The van der Waals surface area contributed by atoms with Gasteiger partial charge in [-0.05, 0) is 17.9 Å². The van der Waals surface area contributed by atoms with Crippen molar-refractivity contribution in [3.05, 3.63) is 39.9 Å². The Morgan fingerprint density at radius 2 is 2.35 bits per heavy atom. The van der Waals surface area contributed by atoms with Crippen molar-refractivity contribution in [2.45, 2.75) is 25.8 Å². The first-order chi connectivity index (χ1) is 8.29. The Balaban J connectivity index is 2.13. The lowest BCUT2D eigenvalue weighted by atomic mass is 10.1. The highest BCUT2D eigenvalue weighted by Gasteiger charge is 2.12. The van der Waals surface area contributed by atoms with Gasteiger partial charge in [-0.2, -0.15) is 0 Å².